The number of nitrogens with zero attached hydrogens (tertiary/aromatic N) is 2. The van der Waals surface area contributed by atoms with Gasteiger partial charge in [-0.2, -0.15) is 0 Å². The van der Waals surface area contributed by atoms with Gasteiger partial charge in [-0.05, 0) is 58.7 Å². The molecular weight excluding hydrogens is 503 g/mol. The minimum absolute atomic E-state index is 0. The Morgan fingerprint density at radius 1 is 1.10 bits per heavy atom. The SMILES string of the molecule is CCNC(=NCc1ccccc1OCCN(C)C)NCC1(CCOCC)CCCC1.I. The second kappa shape index (κ2) is 15.7. The third-order valence-electron chi connectivity index (χ3n) is 5.80. The van der Waals surface area contributed by atoms with Gasteiger partial charge in [-0.15, -0.1) is 24.0 Å². The Morgan fingerprint density at radius 2 is 1.84 bits per heavy atom. The van der Waals surface area contributed by atoms with E-state index >= 15 is 0 Å². The molecule has 0 aliphatic heterocycles. The highest BCUT2D eigenvalue weighted by atomic mass is 127. The van der Waals surface area contributed by atoms with Crippen molar-refractivity contribution in [3.8, 4) is 5.75 Å². The van der Waals surface area contributed by atoms with Crippen LogP contribution in [0.1, 0.15) is 51.5 Å². The number of para-hydroxylation sites is 1. The normalized spacial score (nSPS) is 15.6. The summed E-state index contributed by atoms with van der Waals surface area (Å²) in [6, 6.07) is 8.19. The molecule has 1 aromatic carbocycles. The maximum atomic E-state index is 5.99. The molecule has 0 amide bonds. The first-order valence-corrected chi connectivity index (χ1v) is 11.5. The predicted molar refractivity (Wildman–Crippen MR) is 141 cm³/mol. The third kappa shape index (κ3) is 10.4. The number of halogens is 1. The van der Waals surface area contributed by atoms with Crippen molar-refractivity contribution >= 4 is 29.9 Å². The summed E-state index contributed by atoms with van der Waals surface area (Å²) in [6.45, 7) is 9.78. The summed E-state index contributed by atoms with van der Waals surface area (Å²) in [4.78, 5) is 6.97. The molecule has 0 bridgehead atoms. The zero-order chi connectivity index (χ0) is 21.7. The van der Waals surface area contributed by atoms with Crippen molar-refractivity contribution in [2.45, 2.75) is 52.5 Å². The van der Waals surface area contributed by atoms with Crippen LogP contribution in [0.15, 0.2) is 29.3 Å². The molecule has 1 aromatic rings. The first-order chi connectivity index (χ1) is 14.6. The van der Waals surface area contributed by atoms with Crippen LogP contribution in [0.25, 0.3) is 0 Å². The summed E-state index contributed by atoms with van der Waals surface area (Å²) in [6.07, 6.45) is 6.30. The Kier molecular flexibility index (Phi) is 14.2. The van der Waals surface area contributed by atoms with E-state index in [1.807, 2.05) is 18.2 Å². The summed E-state index contributed by atoms with van der Waals surface area (Å²) in [7, 11) is 4.11. The minimum Gasteiger partial charge on any atom is -0.492 e. The zero-order valence-corrected chi connectivity index (χ0v) is 22.2. The number of nitrogens with one attached hydrogen (secondary N) is 2. The van der Waals surface area contributed by atoms with Gasteiger partial charge in [0.2, 0.25) is 0 Å². The molecule has 1 fully saturated rings. The molecule has 178 valence electrons. The van der Waals surface area contributed by atoms with E-state index in [1.54, 1.807) is 0 Å². The Morgan fingerprint density at radius 3 is 2.52 bits per heavy atom. The number of benzene rings is 1. The second-order valence-corrected chi connectivity index (χ2v) is 8.46. The number of ether oxygens (including phenoxy) is 2. The number of rotatable bonds is 13. The Labute approximate surface area is 206 Å². The smallest absolute Gasteiger partial charge is 0.191 e. The van der Waals surface area contributed by atoms with Gasteiger partial charge in [0.25, 0.3) is 0 Å². The molecule has 0 spiro atoms. The fourth-order valence-electron chi connectivity index (χ4n) is 3.96. The van der Waals surface area contributed by atoms with Crippen molar-refractivity contribution < 1.29 is 9.47 Å². The maximum Gasteiger partial charge on any atom is 0.191 e. The Balaban J connectivity index is 0.00000480. The van der Waals surface area contributed by atoms with Crippen molar-refractivity contribution in [1.29, 1.82) is 0 Å². The van der Waals surface area contributed by atoms with Crippen LogP contribution in [0.4, 0.5) is 0 Å². The van der Waals surface area contributed by atoms with Crippen LogP contribution in [-0.4, -0.2) is 64.4 Å². The molecule has 0 atom stereocenters. The van der Waals surface area contributed by atoms with Gasteiger partial charge in [0.15, 0.2) is 5.96 Å². The molecule has 0 unspecified atom stereocenters. The second-order valence-electron chi connectivity index (χ2n) is 8.46. The van der Waals surface area contributed by atoms with Gasteiger partial charge in [-0.25, -0.2) is 4.99 Å². The van der Waals surface area contributed by atoms with Crippen LogP contribution >= 0.6 is 24.0 Å². The van der Waals surface area contributed by atoms with Crippen molar-refractivity contribution in [1.82, 2.24) is 15.5 Å². The molecule has 0 saturated heterocycles. The van der Waals surface area contributed by atoms with Crippen molar-refractivity contribution in [2.75, 3.05) is 53.6 Å². The van der Waals surface area contributed by atoms with E-state index in [9.17, 15) is 0 Å². The molecule has 0 heterocycles. The number of aliphatic imine (C=N–C) groups is 1. The van der Waals surface area contributed by atoms with Gasteiger partial charge in [0.05, 0.1) is 6.54 Å². The first-order valence-electron chi connectivity index (χ1n) is 11.5. The van der Waals surface area contributed by atoms with Crippen LogP contribution in [0.3, 0.4) is 0 Å². The van der Waals surface area contributed by atoms with Gasteiger partial charge >= 0.3 is 0 Å². The summed E-state index contributed by atoms with van der Waals surface area (Å²) in [5.74, 6) is 1.80. The van der Waals surface area contributed by atoms with Gasteiger partial charge in [0, 0.05) is 38.4 Å². The topological polar surface area (TPSA) is 58.1 Å². The lowest BCUT2D eigenvalue weighted by atomic mass is 9.83. The van der Waals surface area contributed by atoms with E-state index in [2.05, 4.69) is 49.5 Å². The van der Waals surface area contributed by atoms with Gasteiger partial charge in [-0.1, -0.05) is 31.0 Å². The quantitative estimate of drug-likeness (QED) is 0.167. The minimum atomic E-state index is 0. The van der Waals surface area contributed by atoms with E-state index in [1.165, 1.54) is 25.7 Å². The summed E-state index contributed by atoms with van der Waals surface area (Å²) >= 11 is 0. The lowest BCUT2D eigenvalue weighted by Crippen LogP contribution is -2.43. The lowest BCUT2D eigenvalue weighted by Gasteiger charge is -2.30. The van der Waals surface area contributed by atoms with Crippen molar-refractivity contribution in [2.24, 2.45) is 10.4 Å². The fraction of sp³-hybridized carbons (Fsp3) is 0.708. The average Bonchev–Trinajstić information content (AvgIpc) is 3.20. The molecule has 0 radical (unpaired) electrons. The van der Waals surface area contributed by atoms with E-state index in [0.29, 0.717) is 18.6 Å². The highest BCUT2D eigenvalue weighted by Crippen LogP contribution is 2.40. The summed E-state index contributed by atoms with van der Waals surface area (Å²) < 4.78 is 11.6. The van der Waals surface area contributed by atoms with E-state index in [-0.39, 0.29) is 24.0 Å². The van der Waals surface area contributed by atoms with Crippen molar-refractivity contribution in [3.63, 3.8) is 0 Å². The highest BCUT2D eigenvalue weighted by molar-refractivity contribution is 14.0. The first kappa shape index (κ1) is 28.0. The standard InChI is InChI=1S/C24H42N4O2.HI/c1-5-25-23(27-20-24(13-9-10-14-24)15-17-29-6-2)26-19-21-11-7-8-12-22(21)30-18-16-28(3)4;/h7-8,11-12H,5-6,9-10,13-20H2,1-4H3,(H2,25,26,27);1H. The van der Waals surface area contributed by atoms with Crippen LogP contribution in [0.2, 0.25) is 0 Å². The largest absolute Gasteiger partial charge is 0.492 e. The third-order valence-corrected chi connectivity index (χ3v) is 5.80. The molecule has 2 N–H and O–H groups in total. The molecule has 1 saturated carbocycles. The van der Waals surface area contributed by atoms with E-state index in [0.717, 1.165) is 56.5 Å². The lowest BCUT2D eigenvalue weighted by molar-refractivity contribution is 0.105. The zero-order valence-electron chi connectivity index (χ0n) is 19.9. The van der Waals surface area contributed by atoms with Crippen LogP contribution < -0.4 is 15.4 Å². The van der Waals surface area contributed by atoms with Crippen LogP contribution in [0, 0.1) is 5.41 Å². The molecule has 31 heavy (non-hydrogen) atoms. The van der Waals surface area contributed by atoms with Gasteiger partial charge in [-0.3, -0.25) is 0 Å². The highest BCUT2D eigenvalue weighted by Gasteiger charge is 2.33. The fourth-order valence-corrected chi connectivity index (χ4v) is 3.96. The molecule has 6 nitrogen and oxygen atoms in total. The Bertz CT molecular complexity index is 634. The van der Waals surface area contributed by atoms with Crippen LogP contribution in [-0.2, 0) is 11.3 Å². The van der Waals surface area contributed by atoms with Gasteiger partial charge < -0.3 is 25.0 Å². The number of guanidine groups is 1. The number of hydrogen-bond donors (Lipinski definition) is 2. The molecular formula is C24H43IN4O2. The predicted octanol–water partition coefficient (Wildman–Crippen LogP) is 4.29. The molecule has 0 aromatic heterocycles. The molecule has 7 heteroatoms. The van der Waals surface area contributed by atoms with E-state index in [4.69, 9.17) is 14.5 Å². The molecule has 2 rings (SSSR count). The summed E-state index contributed by atoms with van der Waals surface area (Å²) in [5, 5.41) is 7.01. The monoisotopic (exact) mass is 546 g/mol. The maximum absolute atomic E-state index is 5.99. The molecule has 1 aliphatic carbocycles. The average molecular weight is 547 g/mol. The van der Waals surface area contributed by atoms with Gasteiger partial charge in [0.1, 0.15) is 12.4 Å². The number of hydrogen-bond acceptors (Lipinski definition) is 4. The summed E-state index contributed by atoms with van der Waals surface area (Å²) in [5.41, 5.74) is 1.44. The van der Waals surface area contributed by atoms with Crippen molar-refractivity contribution in [3.05, 3.63) is 29.8 Å². The number of likely N-dealkylation sites (N-methyl/N-ethyl adjacent to an activating group) is 1. The Hall–Kier alpha value is -1.06. The van der Waals surface area contributed by atoms with E-state index < -0.39 is 0 Å². The molecule has 1 aliphatic rings. The van der Waals surface area contributed by atoms with Crippen LogP contribution in [0.5, 0.6) is 5.75 Å².